The maximum atomic E-state index is 11.8. The Balaban J connectivity index is 2.02. The van der Waals surface area contributed by atoms with Crippen molar-refractivity contribution in [2.75, 3.05) is 6.54 Å². The Morgan fingerprint density at radius 3 is 2.78 bits per heavy atom. The molecule has 4 amide bonds. The first-order valence-electron chi connectivity index (χ1n) is 5.56. The van der Waals surface area contributed by atoms with E-state index in [-0.39, 0.29) is 6.54 Å². The van der Waals surface area contributed by atoms with E-state index in [0.29, 0.717) is 6.42 Å². The van der Waals surface area contributed by atoms with Gasteiger partial charge in [0.1, 0.15) is 5.92 Å². The van der Waals surface area contributed by atoms with E-state index in [0.717, 1.165) is 15.6 Å². The molecule has 0 bridgehead atoms. The molecule has 6 nitrogen and oxygen atoms in total. The van der Waals surface area contributed by atoms with Gasteiger partial charge in [-0.25, -0.2) is 9.78 Å². The van der Waals surface area contributed by atoms with Gasteiger partial charge in [0.15, 0.2) is 0 Å². The number of urea groups is 1. The van der Waals surface area contributed by atoms with Crippen LogP contribution in [0.2, 0.25) is 0 Å². The number of aromatic nitrogens is 1. The second-order valence-corrected chi connectivity index (χ2v) is 5.18. The highest BCUT2D eigenvalue weighted by atomic mass is 32.1. The summed E-state index contributed by atoms with van der Waals surface area (Å²) >= 11 is 1.52. The number of nitrogens with zero attached hydrogens (tertiary/aromatic N) is 2. The van der Waals surface area contributed by atoms with Gasteiger partial charge in [0.25, 0.3) is 0 Å². The molecule has 1 aliphatic heterocycles. The minimum Gasteiger partial charge on any atom is -0.277 e. The fourth-order valence-corrected chi connectivity index (χ4v) is 2.34. The van der Waals surface area contributed by atoms with E-state index in [9.17, 15) is 14.4 Å². The number of hydrogen-bond donors (Lipinski definition) is 1. The van der Waals surface area contributed by atoms with Gasteiger partial charge in [-0.1, -0.05) is 0 Å². The number of nitrogens with one attached hydrogen (secondary N) is 1. The Morgan fingerprint density at radius 1 is 1.44 bits per heavy atom. The van der Waals surface area contributed by atoms with Gasteiger partial charge in [-0.15, -0.1) is 11.3 Å². The zero-order valence-corrected chi connectivity index (χ0v) is 10.9. The second kappa shape index (κ2) is 4.85. The van der Waals surface area contributed by atoms with Crippen LogP contribution >= 0.6 is 11.3 Å². The molecule has 1 aromatic heterocycles. The summed E-state index contributed by atoms with van der Waals surface area (Å²) in [5.74, 6) is -1.79. The van der Waals surface area contributed by atoms with Crippen LogP contribution in [0.15, 0.2) is 5.38 Å². The fourth-order valence-electron chi connectivity index (χ4n) is 1.69. The van der Waals surface area contributed by atoms with E-state index < -0.39 is 23.8 Å². The Bertz CT molecular complexity index is 511. The average Bonchev–Trinajstić information content (AvgIpc) is 2.72. The first-order chi connectivity index (χ1) is 8.49. The van der Waals surface area contributed by atoms with Crippen molar-refractivity contribution in [2.24, 2.45) is 5.92 Å². The molecule has 0 spiro atoms. The van der Waals surface area contributed by atoms with Crippen LogP contribution in [0.3, 0.4) is 0 Å². The molecule has 2 heterocycles. The smallest absolute Gasteiger partial charge is 0.277 e. The molecule has 96 valence electrons. The van der Waals surface area contributed by atoms with E-state index in [1.807, 2.05) is 12.3 Å². The minimum atomic E-state index is -0.806. The minimum absolute atomic E-state index is 0.242. The summed E-state index contributed by atoms with van der Waals surface area (Å²) in [7, 11) is 0. The maximum Gasteiger partial charge on any atom is 0.330 e. The van der Waals surface area contributed by atoms with Gasteiger partial charge in [-0.2, -0.15) is 0 Å². The van der Waals surface area contributed by atoms with E-state index in [1.54, 1.807) is 0 Å². The standard InChI is InChI=1S/C11H13N3O3S/c1-6-9(15)13-11(17)14(10(6)16)4-3-8-5-18-7(2)12-8/h5-6H,3-4H2,1-2H3,(H,13,15,17). The lowest BCUT2D eigenvalue weighted by atomic mass is 10.1. The molecule has 1 aromatic rings. The van der Waals surface area contributed by atoms with Gasteiger partial charge in [0.05, 0.1) is 10.7 Å². The highest BCUT2D eigenvalue weighted by Crippen LogP contribution is 2.12. The lowest BCUT2D eigenvalue weighted by Crippen LogP contribution is -2.57. The monoisotopic (exact) mass is 267 g/mol. The molecule has 0 saturated carbocycles. The predicted molar refractivity (Wildman–Crippen MR) is 65.0 cm³/mol. The molecular weight excluding hydrogens is 254 g/mol. The highest BCUT2D eigenvalue weighted by Gasteiger charge is 2.36. The Kier molecular flexibility index (Phi) is 3.42. The van der Waals surface area contributed by atoms with Crippen LogP contribution in [-0.2, 0) is 16.0 Å². The Morgan fingerprint density at radius 2 is 2.17 bits per heavy atom. The van der Waals surface area contributed by atoms with Gasteiger partial charge < -0.3 is 0 Å². The van der Waals surface area contributed by atoms with Crippen molar-refractivity contribution < 1.29 is 14.4 Å². The topological polar surface area (TPSA) is 79.4 Å². The number of amides is 4. The molecule has 18 heavy (non-hydrogen) atoms. The lowest BCUT2D eigenvalue weighted by molar-refractivity contribution is -0.141. The quantitative estimate of drug-likeness (QED) is 0.818. The van der Waals surface area contributed by atoms with Crippen molar-refractivity contribution in [3.8, 4) is 0 Å². The van der Waals surface area contributed by atoms with Gasteiger partial charge in [0, 0.05) is 18.3 Å². The molecule has 0 aromatic carbocycles. The van der Waals surface area contributed by atoms with Crippen LogP contribution in [0.25, 0.3) is 0 Å². The van der Waals surface area contributed by atoms with Crippen LogP contribution in [0.4, 0.5) is 4.79 Å². The molecule has 0 aliphatic carbocycles. The molecule has 0 radical (unpaired) electrons. The first kappa shape index (κ1) is 12.7. The molecule has 7 heteroatoms. The Labute approximate surface area is 108 Å². The van der Waals surface area contributed by atoms with Crippen LogP contribution in [0.1, 0.15) is 17.6 Å². The number of carbonyl (C=O) groups excluding carboxylic acids is 3. The van der Waals surface area contributed by atoms with Crippen molar-refractivity contribution in [3.05, 3.63) is 16.1 Å². The molecule has 1 N–H and O–H groups in total. The predicted octanol–water partition coefficient (Wildman–Crippen LogP) is 0.709. The summed E-state index contributed by atoms with van der Waals surface area (Å²) in [6.45, 7) is 3.63. The third-order valence-electron chi connectivity index (χ3n) is 2.76. The molecular formula is C11H13N3O3S. The second-order valence-electron chi connectivity index (χ2n) is 4.11. The van der Waals surface area contributed by atoms with Crippen LogP contribution < -0.4 is 5.32 Å². The molecule has 2 rings (SSSR count). The normalized spacial score (nSPS) is 20.2. The van der Waals surface area contributed by atoms with Crippen LogP contribution in [0.5, 0.6) is 0 Å². The zero-order chi connectivity index (χ0) is 13.3. The number of thiazole rings is 1. The van der Waals surface area contributed by atoms with E-state index in [2.05, 4.69) is 10.3 Å². The Hall–Kier alpha value is -1.76. The largest absolute Gasteiger partial charge is 0.330 e. The number of carbonyl (C=O) groups is 3. The molecule has 1 fully saturated rings. The molecule has 1 unspecified atom stereocenters. The van der Waals surface area contributed by atoms with Crippen molar-refractivity contribution in [1.29, 1.82) is 0 Å². The van der Waals surface area contributed by atoms with E-state index in [1.165, 1.54) is 18.3 Å². The first-order valence-corrected chi connectivity index (χ1v) is 6.44. The average molecular weight is 267 g/mol. The summed E-state index contributed by atoms with van der Waals surface area (Å²) in [4.78, 5) is 39.9. The summed E-state index contributed by atoms with van der Waals surface area (Å²) in [5.41, 5.74) is 0.850. The molecule has 1 saturated heterocycles. The number of aryl methyl sites for hydroxylation is 1. The summed E-state index contributed by atoms with van der Waals surface area (Å²) in [6, 6.07) is -0.643. The number of rotatable bonds is 3. The third kappa shape index (κ3) is 2.40. The van der Waals surface area contributed by atoms with Gasteiger partial charge in [-0.05, 0) is 13.8 Å². The zero-order valence-electron chi connectivity index (χ0n) is 10.1. The summed E-state index contributed by atoms with van der Waals surface area (Å²) in [5, 5.41) is 5.01. The number of imide groups is 2. The van der Waals surface area contributed by atoms with Gasteiger partial charge in [0.2, 0.25) is 11.8 Å². The van der Waals surface area contributed by atoms with Gasteiger partial charge >= 0.3 is 6.03 Å². The summed E-state index contributed by atoms with van der Waals surface area (Å²) in [6.07, 6.45) is 0.504. The summed E-state index contributed by atoms with van der Waals surface area (Å²) < 4.78 is 0. The van der Waals surface area contributed by atoms with Crippen molar-refractivity contribution >= 4 is 29.2 Å². The third-order valence-corrected chi connectivity index (χ3v) is 3.59. The van der Waals surface area contributed by atoms with Crippen molar-refractivity contribution in [1.82, 2.24) is 15.2 Å². The van der Waals surface area contributed by atoms with E-state index in [4.69, 9.17) is 0 Å². The molecule has 1 aliphatic rings. The van der Waals surface area contributed by atoms with Crippen LogP contribution in [-0.4, -0.2) is 34.3 Å². The number of barbiturate groups is 1. The lowest BCUT2D eigenvalue weighted by Gasteiger charge is -2.28. The maximum absolute atomic E-state index is 11.8. The fraction of sp³-hybridized carbons (Fsp3) is 0.455. The van der Waals surface area contributed by atoms with Crippen LogP contribution in [0, 0.1) is 12.8 Å². The SMILES string of the molecule is Cc1nc(CCN2C(=O)NC(=O)C(C)C2=O)cs1. The van der Waals surface area contributed by atoms with Crippen molar-refractivity contribution in [3.63, 3.8) is 0 Å². The van der Waals surface area contributed by atoms with Crippen molar-refractivity contribution in [2.45, 2.75) is 20.3 Å². The molecule has 1 atom stereocenters. The van der Waals surface area contributed by atoms with Gasteiger partial charge in [-0.3, -0.25) is 19.8 Å². The highest BCUT2D eigenvalue weighted by molar-refractivity contribution is 7.09. The number of hydrogen-bond acceptors (Lipinski definition) is 5. The van der Waals surface area contributed by atoms with E-state index >= 15 is 0 Å².